The Labute approximate surface area is 160 Å². The average molecular weight is 379 g/mol. The molecule has 0 N–H and O–H groups in total. The Kier molecular flexibility index (Phi) is 5.42. The first-order chi connectivity index (χ1) is 12.9. The second-order valence-corrected chi connectivity index (χ2v) is 8.28. The zero-order valence-electron chi connectivity index (χ0n) is 15.3. The van der Waals surface area contributed by atoms with E-state index >= 15 is 0 Å². The number of anilines is 1. The van der Waals surface area contributed by atoms with Crippen LogP contribution >= 0.6 is 0 Å². The largest absolute Gasteiger partial charge is 0.295 e. The highest BCUT2D eigenvalue weighted by molar-refractivity contribution is 7.92. The highest BCUT2D eigenvalue weighted by Gasteiger charge is 2.26. The van der Waals surface area contributed by atoms with Gasteiger partial charge in [0.15, 0.2) is 5.78 Å². The smallest absolute Gasteiger partial charge is 0.264 e. The van der Waals surface area contributed by atoms with Gasteiger partial charge in [-0.2, -0.15) is 0 Å². The van der Waals surface area contributed by atoms with E-state index in [2.05, 4.69) is 0 Å². The van der Waals surface area contributed by atoms with Gasteiger partial charge in [0, 0.05) is 5.56 Å². The van der Waals surface area contributed by atoms with Crippen LogP contribution in [-0.4, -0.2) is 14.2 Å². The molecular formula is C22H21NO3S. The zero-order chi connectivity index (χ0) is 19.4. The minimum atomic E-state index is -3.84. The lowest BCUT2D eigenvalue weighted by Gasteiger charge is -2.25. The molecule has 3 aromatic rings. The first-order valence-electron chi connectivity index (χ1n) is 8.62. The van der Waals surface area contributed by atoms with Gasteiger partial charge in [-0.05, 0) is 49.2 Å². The topological polar surface area (TPSA) is 54.5 Å². The van der Waals surface area contributed by atoms with Gasteiger partial charge in [-0.25, -0.2) is 8.42 Å². The predicted octanol–water partition coefficient (Wildman–Crippen LogP) is 4.59. The molecule has 0 atom stereocenters. The summed E-state index contributed by atoms with van der Waals surface area (Å²) in [5.74, 6) is -0.169. The lowest BCUT2D eigenvalue weighted by molar-refractivity contribution is 0.101. The molecule has 5 heteroatoms. The summed E-state index contributed by atoms with van der Waals surface area (Å²) < 4.78 is 28.3. The van der Waals surface area contributed by atoms with Gasteiger partial charge in [-0.1, -0.05) is 54.6 Å². The quantitative estimate of drug-likeness (QED) is 0.589. The molecule has 0 bridgehead atoms. The molecule has 0 unspecified atom stereocenters. The SMILES string of the molecule is CC(=O)c1cccc(S(=O)(=O)N(Cc2ccccc2)c2cccc(C)c2)c1. The second-order valence-electron chi connectivity index (χ2n) is 6.42. The van der Waals surface area contributed by atoms with Crippen molar-refractivity contribution in [3.05, 3.63) is 95.6 Å². The van der Waals surface area contributed by atoms with Crippen molar-refractivity contribution in [2.24, 2.45) is 0 Å². The van der Waals surface area contributed by atoms with E-state index < -0.39 is 10.0 Å². The molecule has 27 heavy (non-hydrogen) atoms. The third-order valence-corrected chi connectivity index (χ3v) is 6.06. The minimum Gasteiger partial charge on any atom is -0.295 e. The molecule has 3 aromatic carbocycles. The van der Waals surface area contributed by atoms with Crippen LogP contribution in [0.15, 0.2) is 83.8 Å². The fraction of sp³-hybridized carbons (Fsp3) is 0.136. The van der Waals surface area contributed by atoms with Gasteiger partial charge in [-0.3, -0.25) is 9.10 Å². The molecule has 3 rings (SSSR count). The third kappa shape index (κ3) is 4.26. The fourth-order valence-corrected chi connectivity index (χ4v) is 4.34. The van der Waals surface area contributed by atoms with Crippen LogP contribution in [0, 0.1) is 6.92 Å². The van der Waals surface area contributed by atoms with Gasteiger partial charge in [-0.15, -0.1) is 0 Å². The van der Waals surface area contributed by atoms with Crippen LogP contribution in [0.25, 0.3) is 0 Å². The molecule has 0 fully saturated rings. The lowest BCUT2D eigenvalue weighted by Crippen LogP contribution is -2.30. The number of Topliss-reactive ketones (excluding diaryl/α,β-unsaturated/α-hetero) is 1. The Morgan fingerprint density at radius 3 is 2.26 bits per heavy atom. The molecule has 0 saturated heterocycles. The van der Waals surface area contributed by atoms with E-state index in [-0.39, 0.29) is 17.2 Å². The number of hydrogen-bond donors (Lipinski definition) is 0. The fourth-order valence-electron chi connectivity index (χ4n) is 2.85. The molecule has 0 aliphatic carbocycles. The summed E-state index contributed by atoms with van der Waals surface area (Å²) >= 11 is 0. The van der Waals surface area contributed by atoms with Crippen LogP contribution in [0.3, 0.4) is 0 Å². The van der Waals surface area contributed by atoms with Crippen molar-refractivity contribution in [3.8, 4) is 0 Å². The van der Waals surface area contributed by atoms with Gasteiger partial charge in [0.25, 0.3) is 10.0 Å². The summed E-state index contributed by atoms with van der Waals surface area (Å²) in [5.41, 5.74) is 2.82. The van der Waals surface area contributed by atoms with Crippen molar-refractivity contribution in [1.29, 1.82) is 0 Å². The van der Waals surface area contributed by atoms with Crippen LogP contribution in [0.2, 0.25) is 0 Å². The number of aryl methyl sites for hydroxylation is 1. The van der Waals surface area contributed by atoms with Gasteiger partial charge in [0.05, 0.1) is 17.1 Å². The van der Waals surface area contributed by atoms with E-state index in [9.17, 15) is 13.2 Å². The number of hydrogen-bond acceptors (Lipinski definition) is 3. The predicted molar refractivity (Wildman–Crippen MR) is 107 cm³/mol. The number of sulfonamides is 1. The van der Waals surface area contributed by atoms with Gasteiger partial charge in [0.1, 0.15) is 0 Å². The number of carbonyl (C=O) groups excluding carboxylic acids is 1. The zero-order valence-corrected chi connectivity index (χ0v) is 16.1. The highest BCUT2D eigenvalue weighted by Crippen LogP contribution is 2.27. The standard InChI is InChI=1S/C22H21NO3S/c1-17-8-6-12-21(14-17)23(16-19-9-4-3-5-10-19)27(25,26)22-13-7-11-20(15-22)18(2)24/h3-15H,16H2,1-2H3. The molecule has 0 aliphatic rings. The highest BCUT2D eigenvalue weighted by atomic mass is 32.2. The second kappa shape index (κ2) is 7.76. The Balaban J connectivity index is 2.11. The molecule has 0 spiro atoms. The maximum Gasteiger partial charge on any atom is 0.264 e. The monoisotopic (exact) mass is 379 g/mol. The van der Waals surface area contributed by atoms with Crippen molar-refractivity contribution in [3.63, 3.8) is 0 Å². The van der Waals surface area contributed by atoms with E-state index in [4.69, 9.17) is 0 Å². The van der Waals surface area contributed by atoms with Crippen molar-refractivity contribution < 1.29 is 13.2 Å². The van der Waals surface area contributed by atoms with E-state index in [0.29, 0.717) is 11.3 Å². The molecule has 0 aliphatic heterocycles. The third-order valence-electron chi connectivity index (χ3n) is 4.29. The summed E-state index contributed by atoms with van der Waals surface area (Å²) in [4.78, 5) is 11.8. The van der Waals surface area contributed by atoms with Crippen LogP contribution < -0.4 is 4.31 Å². The number of rotatable bonds is 6. The van der Waals surface area contributed by atoms with Crippen molar-refractivity contribution in [2.45, 2.75) is 25.3 Å². The van der Waals surface area contributed by atoms with Crippen LogP contribution in [0.5, 0.6) is 0 Å². The molecule has 4 nitrogen and oxygen atoms in total. The Morgan fingerprint density at radius 1 is 0.889 bits per heavy atom. The Hall–Kier alpha value is -2.92. The molecule has 0 amide bonds. The Bertz CT molecular complexity index is 1060. The Morgan fingerprint density at radius 2 is 1.59 bits per heavy atom. The lowest BCUT2D eigenvalue weighted by atomic mass is 10.2. The van der Waals surface area contributed by atoms with E-state index in [1.165, 1.54) is 23.4 Å². The van der Waals surface area contributed by atoms with Crippen molar-refractivity contribution in [2.75, 3.05) is 4.31 Å². The van der Waals surface area contributed by atoms with Crippen molar-refractivity contribution in [1.82, 2.24) is 0 Å². The van der Waals surface area contributed by atoms with E-state index in [0.717, 1.165) is 11.1 Å². The molecule has 0 aromatic heterocycles. The van der Waals surface area contributed by atoms with Gasteiger partial charge in [0.2, 0.25) is 0 Å². The summed E-state index contributed by atoms with van der Waals surface area (Å²) in [6.07, 6.45) is 0. The number of ketones is 1. The first kappa shape index (κ1) is 18.9. The maximum absolute atomic E-state index is 13.4. The molecule has 138 valence electrons. The molecular weight excluding hydrogens is 358 g/mol. The van der Waals surface area contributed by atoms with Crippen molar-refractivity contribution >= 4 is 21.5 Å². The molecule has 0 saturated carbocycles. The average Bonchev–Trinajstić information content (AvgIpc) is 2.67. The minimum absolute atomic E-state index is 0.104. The number of benzene rings is 3. The normalized spacial score (nSPS) is 11.2. The summed E-state index contributed by atoms with van der Waals surface area (Å²) in [6, 6.07) is 23.0. The maximum atomic E-state index is 13.4. The van der Waals surface area contributed by atoms with Gasteiger partial charge < -0.3 is 0 Å². The van der Waals surface area contributed by atoms with E-state index in [1.807, 2.05) is 55.5 Å². The summed E-state index contributed by atoms with van der Waals surface area (Å²) in [5, 5.41) is 0. The first-order valence-corrected chi connectivity index (χ1v) is 10.1. The van der Waals surface area contributed by atoms with E-state index in [1.54, 1.807) is 18.2 Å². The molecule has 0 heterocycles. The van der Waals surface area contributed by atoms with Gasteiger partial charge >= 0.3 is 0 Å². The van der Waals surface area contributed by atoms with Crippen LogP contribution in [0.1, 0.15) is 28.4 Å². The number of nitrogens with zero attached hydrogens (tertiary/aromatic N) is 1. The molecule has 0 radical (unpaired) electrons. The summed E-state index contributed by atoms with van der Waals surface area (Å²) in [7, 11) is -3.84. The summed E-state index contributed by atoms with van der Waals surface area (Å²) in [6.45, 7) is 3.55. The van der Waals surface area contributed by atoms with Crippen LogP contribution in [0.4, 0.5) is 5.69 Å². The van der Waals surface area contributed by atoms with Crippen LogP contribution in [-0.2, 0) is 16.6 Å². The number of carbonyl (C=O) groups is 1.